The van der Waals surface area contributed by atoms with Gasteiger partial charge < -0.3 is 10.0 Å². The smallest absolute Gasteiger partial charge is 0.222 e. The molecular weight excluding hydrogens is 252 g/mol. The van der Waals surface area contributed by atoms with E-state index in [1.807, 2.05) is 18.7 Å². The van der Waals surface area contributed by atoms with Crippen LogP contribution >= 0.6 is 0 Å². The van der Waals surface area contributed by atoms with E-state index in [-0.39, 0.29) is 0 Å². The van der Waals surface area contributed by atoms with Crippen LogP contribution in [0.4, 0.5) is 0 Å². The minimum atomic E-state index is -0.566. The SMILES string of the molecule is CCC(O)(CC)CN1CCN(C(=O)CCC(C)C)CC1. The minimum absolute atomic E-state index is 0.291. The summed E-state index contributed by atoms with van der Waals surface area (Å²) in [5.41, 5.74) is -0.566. The van der Waals surface area contributed by atoms with Crippen molar-refractivity contribution < 1.29 is 9.90 Å². The van der Waals surface area contributed by atoms with E-state index in [4.69, 9.17) is 0 Å². The van der Waals surface area contributed by atoms with E-state index in [0.717, 1.165) is 52.0 Å². The number of carbonyl (C=O) groups is 1. The molecule has 1 saturated heterocycles. The number of hydrogen-bond acceptors (Lipinski definition) is 3. The van der Waals surface area contributed by atoms with Crippen LogP contribution in [0.25, 0.3) is 0 Å². The molecule has 0 aromatic carbocycles. The molecule has 1 heterocycles. The fraction of sp³-hybridized carbons (Fsp3) is 0.938. The molecular formula is C16H32N2O2. The average molecular weight is 284 g/mol. The van der Waals surface area contributed by atoms with Crippen LogP contribution in [0.3, 0.4) is 0 Å². The predicted molar refractivity (Wildman–Crippen MR) is 82.6 cm³/mol. The van der Waals surface area contributed by atoms with E-state index in [1.54, 1.807) is 0 Å². The first-order chi connectivity index (χ1) is 9.40. The third-order valence-corrected chi connectivity index (χ3v) is 4.49. The van der Waals surface area contributed by atoms with Gasteiger partial charge in [-0.25, -0.2) is 0 Å². The highest BCUT2D eigenvalue weighted by Gasteiger charge is 2.28. The van der Waals surface area contributed by atoms with Crippen LogP contribution in [-0.2, 0) is 4.79 Å². The third-order valence-electron chi connectivity index (χ3n) is 4.49. The number of aliphatic hydroxyl groups is 1. The number of rotatable bonds is 7. The first kappa shape index (κ1) is 17.4. The highest BCUT2D eigenvalue weighted by atomic mass is 16.3. The molecule has 0 aliphatic carbocycles. The van der Waals surface area contributed by atoms with E-state index in [1.165, 1.54) is 0 Å². The molecule has 0 bridgehead atoms. The van der Waals surface area contributed by atoms with Gasteiger partial charge in [0, 0.05) is 39.1 Å². The van der Waals surface area contributed by atoms with Crippen molar-refractivity contribution in [2.75, 3.05) is 32.7 Å². The molecule has 118 valence electrons. The van der Waals surface area contributed by atoms with Gasteiger partial charge in [0.05, 0.1) is 5.60 Å². The monoisotopic (exact) mass is 284 g/mol. The second kappa shape index (κ2) is 7.99. The summed E-state index contributed by atoms with van der Waals surface area (Å²) in [5.74, 6) is 0.879. The zero-order valence-corrected chi connectivity index (χ0v) is 13.7. The third kappa shape index (κ3) is 5.41. The Morgan fingerprint density at radius 1 is 1.15 bits per heavy atom. The number of hydrogen-bond donors (Lipinski definition) is 1. The summed E-state index contributed by atoms with van der Waals surface area (Å²) in [5, 5.41) is 10.4. The molecule has 1 N–H and O–H groups in total. The van der Waals surface area contributed by atoms with Gasteiger partial charge in [-0.2, -0.15) is 0 Å². The first-order valence-corrected chi connectivity index (χ1v) is 8.12. The quantitative estimate of drug-likeness (QED) is 0.779. The molecule has 1 rings (SSSR count). The van der Waals surface area contributed by atoms with Gasteiger partial charge in [0.2, 0.25) is 5.91 Å². The molecule has 1 amide bonds. The summed E-state index contributed by atoms with van der Waals surface area (Å²) < 4.78 is 0. The summed E-state index contributed by atoms with van der Waals surface area (Å²) in [6.45, 7) is 12.5. The Morgan fingerprint density at radius 3 is 2.15 bits per heavy atom. The molecule has 0 aromatic heterocycles. The van der Waals surface area contributed by atoms with Gasteiger partial charge in [0.1, 0.15) is 0 Å². The molecule has 4 heteroatoms. The molecule has 0 atom stereocenters. The van der Waals surface area contributed by atoms with Crippen molar-refractivity contribution in [2.24, 2.45) is 5.92 Å². The van der Waals surface area contributed by atoms with Crippen LogP contribution in [0.2, 0.25) is 0 Å². The standard InChI is InChI=1S/C16H32N2O2/c1-5-16(20,6-2)13-17-9-11-18(12-10-17)15(19)8-7-14(3)4/h14,20H,5-13H2,1-4H3. The maximum atomic E-state index is 12.1. The maximum Gasteiger partial charge on any atom is 0.222 e. The Morgan fingerprint density at radius 2 is 1.70 bits per heavy atom. The number of β-amino-alcohol motifs (C(OH)–C–C–N with tert-alkyl or cyclic N) is 1. The van der Waals surface area contributed by atoms with E-state index >= 15 is 0 Å². The summed E-state index contributed by atoms with van der Waals surface area (Å²) >= 11 is 0. The molecule has 0 radical (unpaired) electrons. The highest BCUT2D eigenvalue weighted by molar-refractivity contribution is 5.76. The van der Waals surface area contributed by atoms with Gasteiger partial charge in [0.15, 0.2) is 0 Å². The minimum Gasteiger partial charge on any atom is -0.389 e. The first-order valence-electron chi connectivity index (χ1n) is 8.12. The zero-order chi connectivity index (χ0) is 15.2. The Labute approximate surface area is 124 Å². The van der Waals surface area contributed by atoms with E-state index < -0.39 is 5.60 Å². The summed E-state index contributed by atoms with van der Waals surface area (Å²) in [4.78, 5) is 16.3. The molecule has 1 aliphatic heterocycles. The largest absolute Gasteiger partial charge is 0.389 e. The van der Waals surface area contributed by atoms with Crippen molar-refractivity contribution in [2.45, 2.75) is 59.0 Å². The van der Waals surface area contributed by atoms with Crippen LogP contribution in [0.5, 0.6) is 0 Å². The van der Waals surface area contributed by atoms with Gasteiger partial charge in [0.25, 0.3) is 0 Å². The molecule has 0 saturated carbocycles. The van der Waals surface area contributed by atoms with Gasteiger partial charge >= 0.3 is 0 Å². The van der Waals surface area contributed by atoms with Crippen LogP contribution < -0.4 is 0 Å². The van der Waals surface area contributed by atoms with Gasteiger partial charge in [-0.3, -0.25) is 9.69 Å². The molecule has 4 nitrogen and oxygen atoms in total. The highest BCUT2D eigenvalue weighted by Crippen LogP contribution is 2.18. The lowest BCUT2D eigenvalue weighted by atomic mass is 9.96. The lowest BCUT2D eigenvalue weighted by Crippen LogP contribution is -2.53. The van der Waals surface area contributed by atoms with Crippen molar-refractivity contribution in [1.29, 1.82) is 0 Å². The fourth-order valence-electron chi connectivity index (χ4n) is 2.62. The topological polar surface area (TPSA) is 43.8 Å². The van der Waals surface area contributed by atoms with Gasteiger partial charge in [-0.15, -0.1) is 0 Å². The molecule has 1 fully saturated rings. The van der Waals surface area contributed by atoms with Crippen LogP contribution in [0, 0.1) is 5.92 Å². The Hall–Kier alpha value is -0.610. The molecule has 1 aliphatic rings. The molecule has 0 aromatic rings. The molecule has 0 spiro atoms. The summed E-state index contributed by atoms with van der Waals surface area (Å²) in [6.07, 6.45) is 3.23. The van der Waals surface area contributed by atoms with E-state index in [9.17, 15) is 9.90 Å². The van der Waals surface area contributed by atoms with Crippen LogP contribution in [0.15, 0.2) is 0 Å². The van der Waals surface area contributed by atoms with E-state index in [0.29, 0.717) is 18.2 Å². The lowest BCUT2D eigenvalue weighted by Gasteiger charge is -2.39. The summed E-state index contributed by atoms with van der Waals surface area (Å²) in [6, 6.07) is 0. The van der Waals surface area contributed by atoms with Crippen LogP contribution in [-0.4, -0.2) is 59.1 Å². The molecule has 0 unspecified atom stereocenters. The normalized spacial score (nSPS) is 17.8. The summed E-state index contributed by atoms with van der Waals surface area (Å²) in [7, 11) is 0. The van der Waals surface area contributed by atoms with Crippen molar-refractivity contribution in [3.63, 3.8) is 0 Å². The van der Waals surface area contributed by atoms with Crippen LogP contribution in [0.1, 0.15) is 53.4 Å². The predicted octanol–water partition coefficient (Wildman–Crippen LogP) is 2.12. The Kier molecular flexibility index (Phi) is 6.96. The lowest BCUT2D eigenvalue weighted by molar-refractivity contribution is -0.133. The number of carbonyl (C=O) groups excluding carboxylic acids is 1. The van der Waals surface area contributed by atoms with Gasteiger partial charge in [-0.05, 0) is 25.2 Å². The Balaban J connectivity index is 2.34. The molecule has 20 heavy (non-hydrogen) atoms. The number of nitrogens with zero attached hydrogens (tertiary/aromatic N) is 2. The number of amides is 1. The number of piperazine rings is 1. The van der Waals surface area contributed by atoms with Gasteiger partial charge in [-0.1, -0.05) is 27.7 Å². The fourth-order valence-corrected chi connectivity index (χ4v) is 2.62. The zero-order valence-electron chi connectivity index (χ0n) is 13.7. The second-order valence-electron chi connectivity index (χ2n) is 6.52. The van der Waals surface area contributed by atoms with E-state index in [2.05, 4.69) is 18.7 Å². The second-order valence-corrected chi connectivity index (χ2v) is 6.52. The van der Waals surface area contributed by atoms with Crippen molar-refractivity contribution in [1.82, 2.24) is 9.80 Å². The Bertz CT molecular complexity index is 293. The average Bonchev–Trinajstić information content (AvgIpc) is 2.45. The van der Waals surface area contributed by atoms with Crippen molar-refractivity contribution in [3.05, 3.63) is 0 Å². The van der Waals surface area contributed by atoms with Crippen molar-refractivity contribution in [3.8, 4) is 0 Å². The van der Waals surface area contributed by atoms with Crippen molar-refractivity contribution >= 4 is 5.91 Å². The maximum absolute atomic E-state index is 12.1.